The summed E-state index contributed by atoms with van der Waals surface area (Å²) in [7, 11) is 1.51. The standard InChI is InChI=1S/C23H30N4O6S/c1-32-13-11-27(20(30)9-8-19(29)26-23-24-10-14-34-23)21(16-4-6-17(28)7-5-16)22(31)25-15-18-3-2-12-33-18/h4-7,10,14,18,21,28H,2-3,8-9,11-13,15H2,1H3,(H,25,31)(H,24,26,29)/t18-,21-/m1/s1. The third kappa shape index (κ3) is 7.51. The maximum absolute atomic E-state index is 13.3. The number of aromatic hydroxyl groups is 1. The molecule has 11 heteroatoms. The highest BCUT2D eigenvalue weighted by Crippen LogP contribution is 2.25. The van der Waals surface area contributed by atoms with Gasteiger partial charge in [0.25, 0.3) is 0 Å². The number of anilines is 1. The van der Waals surface area contributed by atoms with E-state index in [9.17, 15) is 19.5 Å². The van der Waals surface area contributed by atoms with E-state index in [2.05, 4.69) is 15.6 Å². The molecule has 0 saturated carbocycles. The number of hydrogen-bond donors (Lipinski definition) is 3. The molecule has 1 fully saturated rings. The molecule has 1 saturated heterocycles. The maximum Gasteiger partial charge on any atom is 0.247 e. The number of phenols is 1. The number of ether oxygens (including phenoxy) is 2. The lowest BCUT2D eigenvalue weighted by molar-refractivity contribution is -0.142. The summed E-state index contributed by atoms with van der Waals surface area (Å²) >= 11 is 1.29. The average Bonchev–Trinajstić information content (AvgIpc) is 3.54. The van der Waals surface area contributed by atoms with Gasteiger partial charge in [0.2, 0.25) is 17.7 Å². The monoisotopic (exact) mass is 490 g/mol. The first-order valence-corrected chi connectivity index (χ1v) is 12.0. The Balaban J connectivity index is 1.73. The predicted octanol–water partition coefficient (Wildman–Crippen LogP) is 2.08. The molecule has 2 atom stereocenters. The molecule has 1 aromatic heterocycles. The van der Waals surface area contributed by atoms with Crippen molar-refractivity contribution in [2.24, 2.45) is 0 Å². The number of aromatic nitrogens is 1. The van der Waals surface area contributed by atoms with Crippen LogP contribution in [0.2, 0.25) is 0 Å². The number of carbonyl (C=O) groups is 3. The van der Waals surface area contributed by atoms with Crippen LogP contribution >= 0.6 is 11.3 Å². The minimum atomic E-state index is -0.952. The van der Waals surface area contributed by atoms with Crippen molar-refractivity contribution in [1.82, 2.24) is 15.2 Å². The first kappa shape index (κ1) is 25.6. The zero-order valence-corrected chi connectivity index (χ0v) is 19.9. The van der Waals surface area contributed by atoms with Gasteiger partial charge in [0.05, 0.1) is 12.7 Å². The van der Waals surface area contributed by atoms with E-state index in [1.165, 1.54) is 35.5 Å². The average molecular weight is 491 g/mol. The molecule has 2 heterocycles. The van der Waals surface area contributed by atoms with Crippen LogP contribution < -0.4 is 10.6 Å². The summed E-state index contributed by atoms with van der Waals surface area (Å²) in [6.07, 6.45) is 3.20. The highest BCUT2D eigenvalue weighted by atomic mass is 32.1. The van der Waals surface area contributed by atoms with Crippen molar-refractivity contribution in [1.29, 1.82) is 0 Å². The molecule has 0 unspecified atom stereocenters. The highest BCUT2D eigenvalue weighted by Gasteiger charge is 2.32. The van der Waals surface area contributed by atoms with Gasteiger partial charge in [-0.25, -0.2) is 4.98 Å². The molecule has 0 radical (unpaired) electrons. The van der Waals surface area contributed by atoms with Gasteiger partial charge in [0.15, 0.2) is 5.13 Å². The third-order valence-corrected chi connectivity index (χ3v) is 6.09. The van der Waals surface area contributed by atoms with Crippen molar-refractivity contribution in [2.75, 3.05) is 38.7 Å². The van der Waals surface area contributed by atoms with Crippen LogP contribution in [0.25, 0.3) is 0 Å². The van der Waals surface area contributed by atoms with Crippen molar-refractivity contribution >= 4 is 34.2 Å². The Labute approximate surface area is 202 Å². The summed E-state index contributed by atoms with van der Waals surface area (Å²) in [5.41, 5.74) is 0.541. The summed E-state index contributed by atoms with van der Waals surface area (Å²) in [4.78, 5) is 44.2. The number of benzene rings is 1. The Morgan fingerprint density at radius 3 is 2.74 bits per heavy atom. The van der Waals surface area contributed by atoms with Gasteiger partial charge in [-0.3, -0.25) is 14.4 Å². The molecular weight excluding hydrogens is 460 g/mol. The van der Waals surface area contributed by atoms with Crippen LogP contribution in [0, 0.1) is 0 Å². The number of hydrogen-bond acceptors (Lipinski definition) is 8. The Morgan fingerprint density at radius 1 is 1.29 bits per heavy atom. The fraction of sp³-hybridized carbons (Fsp3) is 0.478. The van der Waals surface area contributed by atoms with Crippen molar-refractivity contribution in [2.45, 2.75) is 37.8 Å². The highest BCUT2D eigenvalue weighted by molar-refractivity contribution is 7.13. The molecule has 34 heavy (non-hydrogen) atoms. The van der Waals surface area contributed by atoms with Crippen LogP contribution in [0.4, 0.5) is 5.13 Å². The van der Waals surface area contributed by atoms with Crippen molar-refractivity contribution in [3.63, 3.8) is 0 Å². The molecule has 1 aromatic carbocycles. The van der Waals surface area contributed by atoms with E-state index in [0.29, 0.717) is 23.8 Å². The molecule has 2 aromatic rings. The molecular formula is C23H30N4O6S. The van der Waals surface area contributed by atoms with Gasteiger partial charge in [0, 0.05) is 51.2 Å². The van der Waals surface area contributed by atoms with Crippen molar-refractivity contribution in [3.8, 4) is 5.75 Å². The second-order valence-electron chi connectivity index (χ2n) is 7.84. The topological polar surface area (TPSA) is 130 Å². The predicted molar refractivity (Wildman–Crippen MR) is 126 cm³/mol. The Hall–Kier alpha value is -3.02. The van der Waals surface area contributed by atoms with Gasteiger partial charge < -0.3 is 30.1 Å². The fourth-order valence-electron chi connectivity index (χ4n) is 3.66. The number of nitrogens with zero attached hydrogens (tertiary/aromatic N) is 2. The molecule has 1 aliphatic heterocycles. The fourth-order valence-corrected chi connectivity index (χ4v) is 4.21. The number of carbonyl (C=O) groups excluding carboxylic acids is 3. The van der Waals surface area contributed by atoms with E-state index in [4.69, 9.17) is 9.47 Å². The second kappa shape index (κ2) is 13.0. The number of methoxy groups -OCH3 is 1. The minimum Gasteiger partial charge on any atom is -0.508 e. The zero-order valence-electron chi connectivity index (χ0n) is 19.1. The van der Waals surface area contributed by atoms with Gasteiger partial charge >= 0.3 is 0 Å². The van der Waals surface area contributed by atoms with E-state index in [0.717, 1.165) is 12.8 Å². The van der Waals surface area contributed by atoms with Gasteiger partial charge in [0.1, 0.15) is 11.8 Å². The Bertz CT molecular complexity index is 931. The lowest BCUT2D eigenvalue weighted by Gasteiger charge is -2.31. The SMILES string of the molecule is COCCN(C(=O)CCC(=O)Nc1nccs1)[C@@H](C(=O)NC[C@H]1CCCO1)c1ccc(O)cc1. The van der Waals surface area contributed by atoms with E-state index in [-0.39, 0.29) is 55.6 Å². The smallest absolute Gasteiger partial charge is 0.247 e. The van der Waals surface area contributed by atoms with Crippen molar-refractivity contribution in [3.05, 3.63) is 41.4 Å². The lowest BCUT2D eigenvalue weighted by atomic mass is 10.0. The van der Waals surface area contributed by atoms with Crippen LogP contribution in [-0.4, -0.2) is 72.2 Å². The summed E-state index contributed by atoms with van der Waals surface area (Å²) in [5.74, 6) is -1.01. The van der Waals surface area contributed by atoms with Crippen LogP contribution in [0.5, 0.6) is 5.75 Å². The first-order chi connectivity index (χ1) is 16.5. The quantitative estimate of drug-likeness (QED) is 0.415. The molecule has 184 valence electrons. The number of phenolic OH excluding ortho intramolecular Hbond substituents is 1. The third-order valence-electron chi connectivity index (χ3n) is 5.40. The Kier molecular flexibility index (Phi) is 9.80. The normalized spacial score (nSPS) is 16.1. The molecule has 3 amide bonds. The Morgan fingerprint density at radius 2 is 2.09 bits per heavy atom. The number of nitrogens with one attached hydrogen (secondary N) is 2. The minimum absolute atomic E-state index is 0.0517. The van der Waals surface area contributed by atoms with E-state index >= 15 is 0 Å². The van der Waals surface area contributed by atoms with Gasteiger partial charge in [-0.2, -0.15) is 0 Å². The molecule has 0 bridgehead atoms. The zero-order chi connectivity index (χ0) is 24.3. The summed E-state index contributed by atoms with van der Waals surface area (Å²) < 4.78 is 10.8. The van der Waals surface area contributed by atoms with Gasteiger partial charge in [-0.05, 0) is 30.5 Å². The number of amides is 3. The second-order valence-corrected chi connectivity index (χ2v) is 8.73. The molecule has 0 spiro atoms. The van der Waals surface area contributed by atoms with E-state index in [1.54, 1.807) is 23.7 Å². The van der Waals surface area contributed by atoms with Crippen LogP contribution in [0.1, 0.15) is 37.3 Å². The van der Waals surface area contributed by atoms with Crippen LogP contribution in [-0.2, 0) is 23.9 Å². The lowest BCUT2D eigenvalue weighted by Crippen LogP contribution is -2.46. The molecule has 3 N–H and O–H groups in total. The van der Waals surface area contributed by atoms with E-state index < -0.39 is 6.04 Å². The number of rotatable bonds is 12. The number of thiazole rings is 1. The largest absolute Gasteiger partial charge is 0.508 e. The summed E-state index contributed by atoms with van der Waals surface area (Å²) in [5, 5.41) is 17.5. The summed E-state index contributed by atoms with van der Waals surface area (Å²) in [6, 6.07) is 5.19. The molecule has 3 rings (SSSR count). The van der Waals surface area contributed by atoms with Crippen molar-refractivity contribution < 1.29 is 29.0 Å². The molecule has 1 aliphatic rings. The summed E-state index contributed by atoms with van der Waals surface area (Å²) in [6.45, 7) is 1.38. The van der Waals surface area contributed by atoms with Crippen LogP contribution in [0.3, 0.4) is 0 Å². The van der Waals surface area contributed by atoms with Gasteiger partial charge in [-0.1, -0.05) is 12.1 Å². The van der Waals surface area contributed by atoms with Gasteiger partial charge in [-0.15, -0.1) is 11.3 Å². The van der Waals surface area contributed by atoms with E-state index in [1.807, 2.05) is 0 Å². The van der Waals surface area contributed by atoms with Crippen LogP contribution in [0.15, 0.2) is 35.8 Å². The molecule has 10 nitrogen and oxygen atoms in total. The maximum atomic E-state index is 13.3. The first-order valence-electron chi connectivity index (χ1n) is 11.1. The molecule has 0 aliphatic carbocycles.